The minimum absolute atomic E-state index is 0.434. The third kappa shape index (κ3) is 7.34. The maximum atomic E-state index is 11.8. The van der Waals surface area contributed by atoms with E-state index in [9.17, 15) is 19.8 Å². The number of unbranched alkanes of at least 4 members (excludes halogenated alkanes) is 1. The van der Waals surface area contributed by atoms with Crippen molar-refractivity contribution in [1.82, 2.24) is 0 Å². The van der Waals surface area contributed by atoms with Crippen LogP contribution in [0.25, 0.3) is 0 Å². The van der Waals surface area contributed by atoms with Crippen LogP contribution in [-0.4, -0.2) is 33.7 Å². The molecule has 0 saturated carbocycles. The van der Waals surface area contributed by atoms with Crippen molar-refractivity contribution in [3.05, 3.63) is 54.9 Å². The van der Waals surface area contributed by atoms with Gasteiger partial charge in [-0.25, -0.2) is 9.59 Å². The smallest absolute Gasteiger partial charge is 0.344 e. The van der Waals surface area contributed by atoms with Gasteiger partial charge in [0.2, 0.25) is 0 Å². The molecule has 194 valence electrons. The van der Waals surface area contributed by atoms with Gasteiger partial charge in [0.05, 0.1) is 25.4 Å². The summed E-state index contributed by atoms with van der Waals surface area (Å²) in [6.45, 7) is 8.41. The fourth-order valence-electron chi connectivity index (χ4n) is 2.78. The van der Waals surface area contributed by atoms with Gasteiger partial charge in [0.25, 0.3) is 0 Å². The molecule has 0 bridgehead atoms. The maximum Gasteiger partial charge on any atom is 0.344 e. The summed E-state index contributed by atoms with van der Waals surface area (Å²) in [5, 5.41) is 19.4. The van der Waals surface area contributed by atoms with E-state index in [-0.39, 0.29) is 0 Å². The summed E-state index contributed by atoms with van der Waals surface area (Å²) in [6, 6.07) is 0. The van der Waals surface area contributed by atoms with E-state index in [1.807, 2.05) is 0 Å². The van der Waals surface area contributed by atoms with Gasteiger partial charge in [-0.15, -0.1) is 23.5 Å². The fourth-order valence-corrected chi connectivity index (χ4v) is 16.6. The van der Waals surface area contributed by atoms with Crippen LogP contribution in [0.1, 0.15) is 40.5 Å². The Morgan fingerprint density at radius 3 is 1.17 bits per heavy atom. The highest BCUT2D eigenvalue weighted by Crippen LogP contribution is 2.63. The molecule has 0 amide bonds. The van der Waals surface area contributed by atoms with Crippen molar-refractivity contribution in [3.8, 4) is 0 Å². The summed E-state index contributed by atoms with van der Waals surface area (Å²) in [5.41, 5.74) is 0. The van der Waals surface area contributed by atoms with Gasteiger partial charge in [0, 0.05) is 0 Å². The average molecular weight is 671 g/mol. The van der Waals surface area contributed by atoms with Crippen LogP contribution >= 0.6 is 118 Å². The van der Waals surface area contributed by atoms with Crippen LogP contribution in [-0.2, 0) is 9.59 Å². The van der Waals surface area contributed by atoms with Crippen LogP contribution in [0.2, 0.25) is 0 Å². The van der Waals surface area contributed by atoms with Gasteiger partial charge in [-0.1, -0.05) is 94.1 Å². The Bertz CT molecular complexity index is 1070. The molecule has 4 heterocycles. The van der Waals surface area contributed by atoms with Gasteiger partial charge in [0.1, 0.15) is 9.81 Å². The zero-order chi connectivity index (χ0) is 26.0. The number of carbonyl (C=O) groups is 2. The molecule has 0 unspecified atom stereocenters. The van der Waals surface area contributed by atoms with E-state index >= 15 is 0 Å². The Balaban J connectivity index is 1.25. The molecule has 4 aliphatic heterocycles. The Kier molecular flexibility index (Phi) is 11.2. The lowest BCUT2D eigenvalue weighted by Gasteiger charge is -2.05. The molecule has 0 aromatic rings. The second kappa shape index (κ2) is 13.5. The number of allylic oxidation sites excluding steroid dienone is 4. The van der Waals surface area contributed by atoms with Crippen LogP contribution in [0.3, 0.4) is 0 Å². The normalized spacial score (nSPS) is 20.9. The van der Waals surface area contributed by atoms with E-state index in [1.54, 1.807) is 94.1 Å². The zero-order valence-corrected chi connectivity index (χ0v) is 27.8. The van der Waals surface area contributed by atoms with Crippen molar-refractivity contribution in [2.75, 3.05) is 11.5 Å². The van der Waals surface area contributed by atoms with Gasteiger partial charge in [-0.2, -0.15) is 0 Å². The Hall–Kier alpha value is 0.880. The molecule has 4 rings (SSSR count). The molecular weight excluding hydrogens is 649 g/mol. The van der Waals surface area contributed by atoms with E-state index < -0.39 is 11.9 Å². The molecule has 2 N–H and O–H groups in total. The quantitative estimate of drug-likeness (QED) is 0.228. The van der Waals surface area contributed by atoms with E-state index in [1.165, 1.54) is 51.6 Å². The molecule has 0 fully saturated rings. The first kappa shape index (κ1) is 29.9. The predicted molar refractivity (Wildman–Crippen MR) is 175 cm³/mol. The summed E-state index contributed by atoms with van der Waals surface area (Å²) in [7, 11) is 0. The van der Waals surface area contributed by atoms with E-state index in [0.29, 0.717) is 9.81 Å². The van der Waals surface area contributed by atoms with Crippen LogP contribution in [0.4, 0.5) is 0 Å². The molecule has 4 nitrogen and oxygen atoms in total. The van der Waals surface area contributed by atoms with Crippen LogP contribution in [0.5, 0.6) is 0 Å². The number of carboxylic acid groups (broad SMARTS) is 2. The van der Waals surface area contributed by atoms with Crippen molar-refractivity contribution >= 4 is 130 Å². The Labute approximate surface area is 253 Å². The van der Waals surface area contributed by atoms with Gasteiger partial charge >= 0.3 is 11.9 Å². The summed E-state index contributed by atoms with van der Waals surface area (Å²) >= 11 is 16.1. The zero-order valence-electron chi connectivity index (χ0n) is 19.6. The number of carboxylic acids is 2. The largest absolute Gasteiger partial charge is 0.477 e. The molecule has 0 saturated heterocycles. The summed E-state index contributed by atoms with van der Waals surface area (Å²) in [6.07, 6.45) is 1.90. The number of hydrogen-bond acceptors (Lipinski definition) is 12. The second-order valence-corrected chi connectivity index (χ2v) is 20.2. The van der Waals surface area contributed by atoms with E-state index in [4.69, 9.17) is 0 Å². The van der Waals surface area contributed by atoms with Gasteiger partial charge in [-0.05, 0) is 71.7 Å². The monoisotopic (exact) mass is 670 g/mol. The molecule has 0 aliphatic carbocycles. The van der Waals surface area contributed by atoms with E-state index in [2.05, 4.69) is 27.7 Å². The summed E-state index contributed by atoms with van der Waals surface area (Å²) < 4.78 is 6.28. The molecular formula is C22H22O4S10. The number of thioether (sulfide) groups is 10. The maximum absolute atomic E-state index is 11.8. The van der Waals surface area contributed by atoms with Gasteiger partial charge in [-0.3, -0.25) is 0 Å². The first-order valence-electron chi connectivity index (χ1n) is 10.6. The minimum atomic E-state index is -0.858. The molecule has 0 aromatic carbocycles. The highest BCUT2D eigenvalue weighted by atomic mass is 32.2. The number of rotatable bonds is 9. The Morgan fingerprint density at radius 2 is 0.861 bits per heavy atom. The standard InChI is InChI=1S/C22H22O4S10/c1-9-10(2)30-19(29-9)21-33-13(15(23)24)17(35-21)27-7-5-6-8-28-18-14(16(25)26)34-22(36-18)20-31-11(3)12(4)32-20/h5-8H2,1-4H3,(H,23,24)(H,25,26). The Morgan fingerprint density at radius 1 is 0.556 bits per heavy atom. The molecule has 0 spiro atoms. The fraction of sp³-hybridized carbons (Fsp3) is 0.364. The first-order valence-corrected chi connectivity index (χ1v) is 19.1. The average Bonchev–Trinajstić information content (AvgIpc) is 3.58. The van der Waals surface area contributed by atoms with Crippen molar-refractivity contribution < 1.29 is 19.8 Å². The number of hydrogen-bond donors (Lipinski definition) is 2. The first-order chi connectivity index (χ1) is 17.1. The van der Waals surface area contributed by atoms with Crippen LogP contribution in [0.15, 0.2) is 54.9 Å². The third-order valence-electron chi connectivity index (χ3n) is 4.83. The van der Waals surface area contributed by atoms with E-state index in [0.717, 1.165) is 41.3 Å². The molecule has 36 heavy (non-hydrogen) atoms. The predicted octanol–water partition coefficient (Wildman–Crippen LogP) is 10.4. The summed E-state index contributed by atoms with van der Waals surface area (Å²) in [4.78, 5) is 29.6. The lowest BCUT2D eigenvalue weighted by atomic mass is 10.4. The van der Waals surface area contributed by atoms with Crippen molar-refractivity contribution in [2.45, 2.75) is 40.5 Å². The minimum Gasteiger partial charge on any atom is -0.477 e. The second-order valence-electron chi connectivity index (χ2n) is 7.44. The number of aliphatic carboxylic acids is 2. The lowest BCUT2D eigenvalue weighted by molar-refractivity contribution is -0.132. The van der Waals surface area contributed by atoms with Crippen molar-refractivity contribution in [1.29, 1.82) is 0 Å². The van der Waals surface area contributed by atoms with Crippen LogP contribution in [0, 0.1) is 0 Å². The molecule has 4 aliphatic rings. The topological polar surface area (TPSA) is 74.6 Å². The van der Waals surface area contributed by atoms with Crippen molar-refractivity contribution in [3.63, 3.8) is 0 Å². The van der Waals surface area contributed by atoms with Crippen LogP contribution < -0.4 is 0 Å². The lowest BCUT2D eigenvalue weighted by Crippen LogP contribution is -1.96. The van der Waals surface area contributed by atoms with Gasteiger partial charge < -0.3 is 10.2 Å². The third-order valence-corrected chi connectivity index (χ3v) is 19.3. The summed E-state index contributed by atoms with van der Waals surface area (Å²) in [5.74, 6) is -0.0232. The molecule has 0 aromatic heterocycles. The highest BCUT2D eigenvalue weighted by Gasteiger charge is 2.32. The highest BCUT2D eigenvalue weighted by molar-refractivity contribution is 8.39. The SMILES string of the molecule is CC1=C(C)SC(=C2SC(SCCCCSC3=C(C(=O)O)SC(=C4SC(C)=C(C)S4)S3)=C(C(=O)O)S2)S1. The molecule has 0 atom stereocenters. The van der Waals surface area contributed by atoms with Gasteiger partial charge in [0.15, 0.2) is 0 Å². The molecule has 0 radical (unpaired) electrons. The van der Waals surface area contributed by atoms with Crippen molar-refractivity contribution in [2.24, 2.45) is 0 Å². The molecule has 14 heteroatoms.